The van der Waals surface area contributed by atoms with Gasteiger partial charge in [-0.2, -0.15) is 4.98 Å². The summed E-state index contributed by atoms with van der Waals surface area (Å²) in [5.41, 5.74) is 0.0178. The monoisotopic (exact) mass is 225 g/mol. The van der Waals surface area contributed by atoms with Gasteiger partial charge in [-0.1, -0.05) is 12.1 Å². The number of hydrogen-bond acceptors (Lipinski definition) is 5. The number of nitrogens with zero attached hydrogens (tertiary/aromatic N) is 2. The van der Waals surface area contributed by atoms with Crippen LogP contribution in [-0.2, 0) is 10.2 Å². The molecule has 0 bridgehead atoms. The molecule has 1 fully saturated rings. The molecule has 0 saturated carbocycles. The summed E-state index contributed by atoms with van der Waals surface area (Å²) in [7, 11) is 1.65. The van der Waals surface area contributed by atoms with Crippen LogP contribution in [0.15, 0.2) is 4.52 Å². The molecule has 0 amide bonds. The number of piperidine rings is 1. The fourth-order valence-corrected chi connectivity index (χ4v) is 1.94. The second-order valence-corrected chi connectivity index (χ2v) is 4.65. The molecule has 1 unspecified atom stereocenters. The van der Waals surface area contributed by atoms with Crippen molar-refractivity contribution in [3.8, 4) is 0 Å². The first-order valence-corrected chi connectivity index (χ1v) is 5.73. The zero-order chi connectivity index (χ0) is 11.6. The van der Waals surface area contributed by atoms with Gasteiger partial charge in [0.25, 0.3) is 0 Å². The van der Waals surface area contributed by atoms with Crippen molar-refractivity contribution in [2.75, 3.05) is 20.2 Å². The van der Waals surface area contributed by atoms with E-state index in [9.17, 15) is 0 Å². The highest BCUT2D eigenvalue weighted by Gasteiger charge is 2.34. The summed E-state index contributed by atoms with van der Waals surface area (Å²) in [4.78, 5) is 4.45. The first-order valence-electron chi connectivity index (χ1n) is 5.73. The lowest BCUT2D eigenvalue weighted by Crippen LogP contribution is -2.37. The predicted octanol–water partition coefficient (Wildman–Crippen LogP) is 1.42. The molecule has 1 saturated heterocycles. The molecule has 1 atom stereocenters. The quantitative estimate of drug-likeness (QED) is 0.843. The Hall–Kier alpha value is -0.940. The standard InChI is InChI=1S/C11H19N3O2/c1-8(15-3)9-13-10(16-14-9)11(2)4-6-12-7-5-11/h8,12H,4-7H2,1-3H3. The maximum absolute atomic E-state index is 5.36. The summed E-state index contributed by atoms with van der Waals surface area (Å²) < 4.78 is 10.5. The van der Waals surface area contributed by atoms with Crippen molar-refractivity contribution in [1.82, 2.24) is 15.5 Å². The van der Waals surface area contributed by atoms with Crippen LogP contribution in [-0.4, -0.2) is 30.3 Å². The first kappa shape index (κ1) is 11.5. The Labute approximate surface area is 95.6 Å². The van der Waals surface area contributed by atoms with Crippen molar-refractivity contribution in [3.63, 3.8) is 0 Å². The summed E-state index contributed by atoms with van der Waals surface area (Å²) in [5, 5.41) is 7.31. The Balaban J connectivity index is 2.17. The smallest absolute Gasteiger partial charge is 0.232 e. The second-order valence-electron chi connectivity index (χ2n) is 4.65. The lowest BCUT2D eigenvalue weighted by molar-refractivity contribution is 0.109. The highest BCUT2D eigenvalue weighted by Crippen LogP contribution is 2.32. The van der Waals surface area contributed by atoms with Gasteiger partial charge in [0.2, 0.25) is 5.89 Å². The molecule has 5 nitrogen and oxygen atoms in total. The van der Waals surface area contributed by atoms with Crippen LogP contribution < -0.4 is 5.32 Å². The molecule has 0 radical (unpaired) electrons. The van der Waals surface area contributed by atoms with Gasteiger partial charge in [0.1, 0.15) is 6.10 Å². The van der Waals surface area contributed by atoms with Crippen molar-refractivity contribution in [3.05, 3.63) is 11.7 Å². The first-order chi connectivity index (χ1) is 7.65. The summed E-state index contributed by atoms with van der Waals surface area (Å²) in [5.74, 6) is 1.38. The Morgan fingerprint density at radius 3 is 2.75 bits per heavy atom. The zero-order valence-corrected chi connectivity index (χ0v) is 10.1. The Morgan fingerprint density at radius 1 is 1.44 bits per heavy atom. The van der Waals surface area contributed by atoms with E-state index in [2.05, 4.69) is 22.4 Å². The molecule has 2 rings (SSSR count). The van der Waals surface area contributed by atoms with Crippen LogP contribution >= 0.6 is 0 Å². The van der Waals surface area contributed by atoms with Crippen LogP contribution in [0.3, 0.4) is 0 Å². The van der Waals surface area contributed by atoms with E-state index in [1.807, 2.05) is 6.92 Å². The number of aromatic nitrogens is 2. The summed E-state index contributed by atoms with van der Waals surface area (Å²) in [6.45, 7) is 6.12. The molecule has 0 spiro atoms. The number of ether oxygens (including phenoxy) is 1. The van der Waals surface area contributed by atoms with E-state index in [-0.39, 0.29) is 11.5 Å². The number of nitrogens with one attached hydrogen (secondary N) is 1. The third kappa shape index (κ3) is 2.10. The van der Waals surface area contributed by atoms with Gasteiger partial charge >= 0.3 is 0 Å². The van der Waals surface area contributed by atoms with Gasteiger partial charge in [-0.3, -0.25) is 0 Å². The SMILES string of the molecule is COC(C)c1noc(C2(C)CCNCC2)n1. The average Bonchev–Trinajstić information content (AvgIpc) is 2.79. The Kier molecular flexibility index (Phi) is 3.25. The minimum absolute atomic E-state index is 0.0178. The molecule has 2 heterocycles. The average molecular weight is 225 g/mol. The van der Waals surface area contributed by atoms with E-state index in [1.54, 1.807) is 7.11 Å². The Morgan fingerprint density at radius 2 is 2.12 bits per heavy atom. The van der Waals surface area contributed by atoms with Gasteiger partial charge < -0.3 is 14.6 Å². The minimum Gasteiger partial charge on any atom is -0.374 e. The number of methoxy groups -OCH3 is 1. The molecular formula is C11H19N3O2. The highest BCUT2D eigenvalue weighted by atomic mass is 16.5. The summed E-state index contributed by atoms with van der Waals surface area (Å²) in [6, 6.07) is 0. The topological polar surface area (TPSA) is 60.2 Å². The molecule has 1 aromatic rings. The van der Waals surface area contributed by atoms with Gasteiger partial charge in [-0.25, -0.2) is 0 Å². The number of hydrogen-bond donors (Lipinski definition) is 1. The van der Waals surface area contributed by atoms with Gasteiger partial charge in [0, 0.05) is 12.5 Å². The van der Waals surface area contributed by atoms with Crippen LogP contribution in [0.5, 0.6) is 0 Å². The van der Waals surface area contributed by atoms with Crippen molar-refractivity contribution < 1.29 is 9.26 Å². The van der Waals surface area contributed by atoms with E-state index in [0.717, 1.165) is 31.8 Å². The molecular weight excluding hydrogens is 206 g/mol. The van der Waals surface area contributed by atoms with Crippen LogP contribution in [0.25, 0.3) is 0 Å². The fraction of sp³-hybridized carbons (Fsp3) is 0.818. The van der Waals surface area contributed by atoms with Gasteiger partial charge in [0.05, 0.1) is 0 Å². The molecule has 0 aromatic carbocycles. The largest absolute Gasteiger partial charge is 0.374 e. The predicted molar refractivity (Wildman–Crippen MR) is 59.2 cm³/mol. The molecule has 1 aromatic heterocycles. The Bertz CT molecular complexity index is 345. The fourth-order valence-electron chi connectivity index (χ4n) is 1.94. The molecule has 1 aliphatic heterocycles. The lowest BCUT2D eigenvalue weighted by Gasteiger charge is -2.30. The summed E-state index contributed by atoms with van der Waals surface area (Å²) >= 11 is 0. The molecule has 16 heavy (non-hydrogen) atoms. The second kappa shape index (κ2) is 4.51. The van der Waals surface area contributed by atoms with Gasteiger partial charge in [0.15, 0.2) is 5.82 Å². The van der Waals surface area contributed by atoms with Crippen LogP contribution in [0.2, 0.25) is 0 Å². The normalized spacial score (nSPS) is 21.9. The van der Waals surface area contributed by atoms with E-state index in [1.165, 1.54) is 0 Å². The van der Waals surface area contributed by atoms with E-state index in [0.29, 0.717) is 5.82 Å². The maximum Gasteiger partial charge on any atom is 0.232 e. The van der Waals surface area contributed by atoms with Crippen LogP contribution in [0, 0.1) is 0 Å². The minimum atomic E-state index is -0.109. The van der Waals surface area contributed by atoms with Crippen molar-refractivity contribution in [2.24, 2.45) is 0 Å². The van der Waals surface area contributed by atoms with E-state index >= 15 is 0 Å². The zero-order valence-electron chi connectivity index (χ0n) is 10.1. The molecule has 1 N–H and O–H groups in total. The van der Waals surface area contributed by atoms with Gasteiger partial charge in [-0.15, -0.1) is 0 Å². The lowest BCUT2D eigenvalue weighted by atomic mass is 9.81. The molecule has 1 aliphatic rings. The highest BCUT2D eigenvalue weighted by molar-refractivity contribution is 5.06. The van der Waals surface area contributed by atoms with Crippen LogP contribution in [0.4, 0.5) is 0 Å². The summed E-state index contributed by atoms with van der Waals surface area (Å²) in [6.07, 6.45) is 1.97. The third-order valence-corrected chi connectivity index (χ3v) is 3.38. The van der Waals surface area contributed by atoms with Crippen LogP contribution in [0.1, 0.15) is 44.5 Å². The number of rotatable bonds is 3. The van der Waals surface area contributed by atoms with Crippen molar-refractivity contribution in [2.45, 2.75) is 38.2 Å². The van der Waals surface area contributed by atoms with Crippen molar-refractivity contribution >= 4 is 0 Å². The van der Waals surface area contributed by atoms with E-state index in [4.69, 9.17) is 9.26 Å². The maximum atomic E-state index is 5.36. The van der Waals surface area contributed by atoms with E-state index < -0.39 is 0 Å². The molecule has 5 heteroatoms. The van der Waals surface area contributed by atoms with Crippen molar-refractivity contribution in [1.29, 1.82) is 0 Å². The van der Waals surface area contributed by atoms with Gasteiger partial charge in [-0.05, 0) is 32.9 Å². The third-order valence-electron chi connectivity index (χ3n) is 3.38. The molecule has 90 valence electrons. The molecule has 0 aliphatic carbocycles.